The Morgan fingerprint density at radius 1 is 1.04 bits per heavy atom. The molecule has 1 saturated carbocycles. The molecule has 0 spiro atoms. The van der Waals surface area contributed by atoms with E-state index in [9.17, 15) is 8.42 Å². The topological polar surface area (TPSA) is 59.1 Å². The third kappa shape index (κ3) is 8.44. The van der Waals surface area contributed by atoms with Crippen LogP contribution in [0.1, 0.15) is 64.2 Å². The Morgan fingerprint density at radius 2 is 1.68 bits per heavy atom. The number of hydrogen-bond donors (Lipinski definition) is 0. The standard InChI is InChI=1S/C20H39ClN2O4S/c1-26-18-27-20-10-13-22(14-11-20)15-16-23(28(24,25)17-7-12-21)19-8-5-3-2-4-6-9-19/h19-20H,2-18H2,1H3. The minimum Gasteiger partial charge on any atom is -0.359 e. The van der Waals surface area contributed by atoms with E-state index < -0.39 is 10.0 Å². The number of likely N-dealkylation sites (tertiary alicyclic amines) is 1. The lowest BCUT2D eigenvalue weighted by Gasteiger charge is -2.36. The number of alkyl halides is 1. The Bertz CT molecular complexity index is 504. The summed E-state index contributed by atoms with van der Waals surface area (Å²) in [6.45, 7) is 3.65. The average molecular weight is 439 g/mol. The summed E-state index contributed by atoms with van der Waals surface area (Å²) in [6, 6.07) is 0.156. The summed E-state index contributed by atoms with van der Waals surface area (Å²) in [5, 5.41) is 0. The maximum absolute atomic E-state index is 13.0. The minimum absolute atomic E-state index is 0.156. The zero-order valence-electron chi connectivity index (χ0n) is 17.5. The number of halogens is 1. The summed E-state index contributed by atoms with van der Waals surface area (Å²) in [7, 11) is -1.61. The van der Waals surface area contributed by atoms with Crippen LogP contribution < -0.4 is 0 Å². The summed E-state index contributed by atoms with van der Waals surface area (Å²) < 4.78 is 38.6. The van der Waals surface area contributed by atoms with Crippen molar-refractivity contribution in [3.63, 3.8) is 0 Å². The highest BCUT2D eigenvalue weighted by molar-refractivity contribution is 7.89. The van der Waals surface area contributed by atoms with Crippen molar-refractivity contribution in [1.29, 1.82) is 0 Å². The fraction of sp³-hybridized carbons (Fsp3) is 1.00. The van der Waals surface area contributed by atoms with E-state index in [0.717, 1.165) is 58.2 Å². The van der Waals surface area contributed by atoms with Crippen LogP contribution in [-0.2, 0) is 19.5 Å². The van der Waals surface area contributed by atoms with Crippen LogP contribution in [0.5, 0.6) is 0 Å². The van der Waals surface area contributed by atoms with Gasteiger partial charge in [0.05, 0.1) is 11.9 Å². The molecule has 1 heterocycles. The highest BCUT2D eigenvalue weighted by Crippen LogP contribution is 2.24. The summed E-state index contributed by atoms with van der Waals surface area (Å²) in [6.07, 6.45) is 10.7. The van der Waals surface area contributed by atoms with Crippen LogP contribution in [0, 0.1) is 0 Å². The first-order chi connectivity index (χ1) is 13.6. The number of nitrogens with zero attached hydrogens (tertiary/aromatic N) is 2. The van der Waals surface area contributed by atoms with Crippen LogP contribution in [0.15, 0.2) is 0 Å². The van der Waals surface area contributed by atoms with E-state index in [0.29, 0.717) is 25.6 Å². The second-order valence-corrected chi connectivity index (χ2v) is 10.5. The van der Waals surface area contributed by atoms with Gasteiger partial charge >= 0.3 is 0 Å². The molecule has 2 aliphatic rings. The van der Waals surface area contributed by atoms with Gasteiger partial charge in [-0.15, -0.1) is 11.6 Å². The molecule has 0 bridgehead atoms. The molecule has 1 aliphatic heterocycles. The van der Waals surface area contributed by atoms with Gasteiger partial charge in [-0.25, -0.2) is 8.42 Å². The molecule has 0 aromatic heterocycles. The molecule has 0 radical (unpaired) electrons. The predicted molar refractivity (Wildman–Crippen MR) is 114 cm³/mol. The van der Waals surface area contributed by atoms with E-state index >= 15 is 0 Å². The van der Waals surface area contributed by atoms with Gasteiger partial charge < -0.3 is 14.4 Å². The number of sulfonamides is 1. The molecule has 2 fully saturated rings. The van der Waals surface area contributed by atoms with E-state index in [-0.39, 0.29) is 17.9 Å². The van der Waals surface area contributed by atoms with Crippen LogP contribution in [0.3, 0.4) is 0 Å². The molecule has 6 nitrogen and oxygen atoms in total. The van der Waals surface area contributed by atoms with Crippen LogP contribution in [-0.4, -0.2) is 81.5 Å². The van der Waals surface area contributed by atoms with Crippen LogP contribution in [0.4, 0.5) is 0 Å². The Morgan fingerprint density at radius 3 is 2.29 bits per heavy atom. The number of hydrogen-bond acceptors (Lipinski definition) is 5. The first-order valence-corrected chi connectivity index (χ1v) is 13.1. The van der Waals surface area contributed by atoms with Crippen molar-refractivity contribution in [3.05, 3.63) is 0 Å². The van der Waals surface area contributed by atoms with Gasteiger partial charge in [-0.3, -0.25) is 0 Å². The zero-order valence-corrected chi connectivity index (χ0v) is 19.1. The number of ether oxygens (including phenoxy) is 2. The largest absolute Gasteiger partial charge is 0.359 e. The van der Waals surface area contributed by atoms with Crippen LogP contribution in [0.2, 0.25) is 0 Å². The summed E-state index contributed by atoms with van der Waals surface area (Å²) >= 11 is 5.78. The lowest BCUT2D eigenvalue weighted by atomic mass is 9.97. The Labute approximate surface area is 176 Å². The number of piperidine rings is 1. The second kappa shape index (κ2) is 13.4. The molecule has 0 atom stereocenters. The molecule has 1 aliphatic carbocycles. The average Bonchev–Trinajstić information content (AvgIpc) is 2.67. The van der Waals surface area contributed by atoms with Gasteiger partial charge in [-0.05, 0) is 32.1 Å². The van der Waals surface area contributed by atoms with E-state index in [1.54, 1.807) is 7.11 Å². The molecule has 0 amide bonds. The lowest BCUT2D eigenvalue weighted by molar-refractivity contribution is -0.0887. The van der Waals surface area contributed by atoms with Gasteiger partial charge in [0.25, 0.3) is 0 Å². The first-order valence-electron chi connectivity index (χ1n) is 10.9. The highest BCUT2D eigenvalue weighted by atomic mass is 35.5. The maximum Gasteiger partial charge on any atom is 0.214 e. The molecule has 2 rings (SSSR count). The van der Waals surface area contributed by atoms with E-state index in [4.69, 9.17) is 21.1 Å². The van der Waals surface area contributed by atoms with Gasteiger partial charge in [0.15, 0.2) is 0 Å². The number of rotatable bonds is 11. The van der Waals surface area contributed by atoms with E-state index in [2.05, 4.69) is 4.90 Å². The van der Waals surface area contributed by atoms with Crippen LogP contribution in [0.25, 0.3) is 0 Å². The second-order valence-electron chi connectivity index (χ2n) is 8.08. The van der Waals surface area contributed by atoms with Crippen molar-refractivity contribution in [3.8, 4) is 0 Å². The molecule has 8 heteroatoms. The Kier molecular flexibility index (Phi) is 11.7. The lowest BCUT2D eigenvalue weighted by Crippen LogP contribution is -2.47. The van der Waals surface area contributed by atoms with Crippen molar-refractivity contribution in [2.24, 2.45) is 0 Å². The van der Waals surface area contributed by atoms with E-state index in [1.165, 1.54) is 19.3 Å². The summed E-state index contributed by atoms with van der Waals surface area (Å²) in [4.78, 5) is 2.37. The van der Waals surface area contributed by atoms with Gasteiger partial charge in [-0.1, -0.05) is 32.1 Å². The highest BCUT2D eigenvalue weighted by Gasteiger charge is 2.30. The molecule has 1 saturated heterocycles. The molecule has 28 heavy (non-hydrogen) atoms. The van der Waals surface area contributed by atoms with Gasteiger partial charge in [0.1, 0.15) is 6.79 Å². The fourth-order valence-electron chi connectivity index (χ4n) is 4.33. The third-order valence-electron chi connectivity index (χ3n) is 5.97. The molecular formula is C20H39ClN2O4S. The van der Waals surface area contributed by atoms with Crippen molar-refractivity contribution in [2.75, 3.05) is 51.7 Å². The normalized spacial score (nSPS) is 21.7. The van der Waals surface area contributed by atoms with Gasteiger partial charge in [-0.2, -0.15) is 4.31 Å². The fourth-order valence-corrected chi connectivity index (χ4v) is 6.39. The van der Waals surface area contributed by atoms with Crippen molar-refractivity contribution in [1.82, 2.24) is 9.21 Å². The molecule has 0 aromatic rings. The Hall–Kier alpha value is 0.0800. The van der Waals surface area contributed by atoms with Gasteiger partial charge in [0, 0.05) is 45.2 Å². The monoisotopic (exact) mass is 438 g/mol. The molecule has 0 aromatic carbocycles. The molecule has 0 N–H and O–H groups in total. The van der Waals surface area contributed by atoms with E-state index in [1.807, 2.05) is 4.31 Å². The summed E-state index contributed by atoms with van der Waals surface area (Å²) in [5.74, 6) is 0.562. The SMILES string of the molecule is COCOC1CCN(CCN(C2CCCCCCC2)S(=O)(=O)CCCCl)CC1. The van der Waals surface area contributed by atoms with Gasteiger partial charge in [0.2, 0.25) is 10.0 Å². The quantitative estimate of drug-likeness (QED) is 0.365. The maximum atomic E-state index is 13.0. The smallest absolute Gasteiger partial charge is 0.214 e. The first kappa shape index (κ1) is 24.4. The van der Waals surface area contributed by atoms with Crippen molar-refractivity contribution < 1.29 is 17.9 Å². The molecule has 166 valence electrons. The van der Waals surface area contributed by atoms with Crippen LogP contribution >= 0.6 is 11.6 Å². The Balaban J connectivity index is 1.92. The summed E-state index contributed by atoms with van der Waals surface area (Å²) in [5.41, 5.74) is 0. The third-order valence-corrected chi connectivity index (χ3v) is 8.24. The molecular weight excluding hydrogens is 400 g/mol. The van der Waals surface area contributed by atoms with Crippen molar-refractivity contribution in [2.45, 2.75) is 76.4 Å². The minimum atomic E-state index is -3.25. The predicted octanol–water partition coefficient (Wildman–Crippen LogP) is 3.44. The molecule has 0 unspecified atom stereocenters. The zero-order chi connectivity index (χ0) is 20.2. The van der Waals surface area contributed by atoms with Crippen molar-refractivity contribution >= 4 is 21.6 Å². The number of methoxy groups -OCH3 is 1.